The van der Waals surface area contributed by atoms with Crippen molar-refractivity contribution in [1.29, 1.82) is 0 Å². The Kier molecular flexibility index (Phi) is 6.22. The van der Waals surface area contributed by atoms with Crippen LogP contribution in [0.5, 0.6) is 0 Å². The standard InChI is InChI=1S/C50H34N2O/c1-49(2)40-26-13-14-27-41(40)50(38-24-11-9-20-33(38)34-21-10-12-25-39(34)50)43-29-46-37(28-42(43)49)35-22-15-23-36(47(35)53-46)45-30-44(31-16-5-3-6-17-31)51-48(52-45)32-18-7-4-8-19-32/h3-30H,1-2H3. The molecule has 7 aromatic carbocycles. The number of para-hydroxylation sites is 1. The molecule has 0 radical (unpaired) electrons. The first kappa shape index (κ1) is 30.1. The minimum Gasteiger partial charge on any atom is -0.455 e. The van der Waals surface area contributed by atoms with Gasteiger partial charge in [0, 0.05) is 32.9 Å². The average Bonchev–Trinajstić information content (AvgIpc) is 3.74. The quantitative estimate of drug-likeness (QED) is 0.187. The van der Waals surface area contributed by atoms with Crippen LogP contribution in [-0.4, -0.2) is 9.97 Å². The van der Waals surface area contributed by atoms with Gasteiger partial charge in [0.1, 0.15) is 11.2 Å². The molecule has 2 aliphatic rings. The molecule has 3 heteroatoms. The molecule has 0 aliphatic heterocycles. The largest absolute Gasteiger partial charge is 0.455 e. The zero-order valence-electron chi connectivity index (χ0n) is 29.5. The average molecular weight is 679 g/mol. The second-order valence-corrected chi connectivity index (χ2v) is 14.9. The van der Waals surface area contributed by atoms with E-state index in [-0.39, 0.29) is 5.41 Å². The van der Waals surface area contributed by atoms with E-state index in [9.17, 15) is 0 Å². The number of hydrogen-bond donors (Lipinski definition) is 0. The maximum atomic E-state index is 7.07. The Balaban J connectivity index is 1.20. The van der Waals surface area contributed by atoms with Crippen LogP contribution >= 0.6 is 0 Å². The lowest BCUT2D eigenvalue weighted by Gasteiger charge is -2.46. The number of nitrogens with zero attached hydrogens (tertiary/aromatic N) is 2. The van der Waals surface area contributed by atoms with Gasteiger partial charge in [-0.2, -0.15) is 0 Å². The molecule has 250 valence electrons. The zero-order valence-corrected chi connectivity index (χ0v) is 29.5. The van der Waals surface area contributed by atoms with Gasteiger partial charge in [-0.3, -0.25) is 0 Å². The molecule has 9 aromatic rings. The van der Waals surface area contributed by atoms with Crippen molar-refractivity contribution in [1.82, 2.24) is 9.97 Å². The molecule has 0 saturated carbocycles. The molecule has 0 unspecified atom stereocenters. The maximum absolute atomic E-state index is 7.07. The molecule has 3 nitrogen and oxygen atoms in total. The third kappa shape index (κ3) is 4.11. The normalized spacial score (nSPS) is 14.5. The van der Waals surface area contributed by atoms with Crippen molar-refractivity contribution in [2.75, 3.05) is 0 Å². The third-order valence-corrected chi connectivity index (χ3v) is 11.8. The molecule has 0 amide bonds. The van der Waals surface area contributed by atoms with Crippen LogP contribution < -0.4 is 0 Å². The summed E-state index contributed by atoms with van der Waals surface area (Å²) in [5.41, 5.74) is 16.2. The number of fused-ring (bicyclic) bond motifs is 12. The molecule has 0 bridgehead atoms. The predicted octanol–water partition coefficient (Wildman–Crippen LogP) is 12.4. The van der Waals surface area contributed by atoms with Gasteiger partial charge >= 0.3 is 0 Å². The van der Waals surface area contributed by atoms with Crippen LogP contribution in [0, 0.1) is 0 Å². The fraction of sp³-hybridized carbons (Fsp3) is 0.0800. The molecule has 2 aliphatic carbocycles. The summed E-state index contributed by atoms with van der Waals surface area (Å²) in [6, 6.07) is 60.9. The van der Waals surface area contributed by atoms with Crippen LogP contribution in [-0.2, 0) is 10.8 Å². The van der Waals surface area contributed by atoms with Crippen molar-refractivity contribution in [3.63, 3.8) is 0 Å². The van der Waals surface area contributed by atoms with Gasteiger partial charge in [0.2, 0.25) is 0 Å². The first-order chi connectivity index (χ1) is 26.0. The summed E-state index contributed by atoms with van der Waals surface area (Å²) < 4.78 is 7.07. The SMILES string of the molecule is CC1(C)c2ccccc2C2(c3ccccc3-c3ccccc32)c2cc3oc4c(-c5cc(-c6ccccc6)nc(-c6ccccc6)n5)cccc4c3cc21. The summed E-state index contributed by atoms with van der Waals surface area (Å²) in [5.74, 6) is 0.686. The van der Waals surface area contributed by atoms with Crippen molar-refractivity contribution >= 4 is 21.9 Å². The van der Waals surface area contributed by atoms with Crippen molar-refractivity contribution in [3.8, 4) is 45.0 Å². The molecule has 11 rings (SSSR count). The first-order valence-corrected chi connectivity index (χ1v) is 18.3. The van der Waals surface area contributed by atoms with Gasteiger partial charge in [-0.15, -0.1) is 0 Å². The highest BCUT2D eigenvalue weighted by molar-refractivity contribution is 6.10. The molecular formula is C50H34N2O. The van der Waals surface area contributed by atoms with E-state index >= 15 is 0 Å². The van der Waals surface area contributed by atoms with Crippen LogP contribution in [0.25, 0.3) is 67.0 Å². The number of hydrogen-bond acceptors (Lipinski definition) is 3. The Labute approximate surface area is 308 Å². The molecule has 0 N–H and O–H groups in total. The van der Waals surface area contributed by atoms with E-state index < -0.39 is 5.41 Å². The number of rotatable bonds is 3. The molecule has 0 saturated heterocycles. The molecule has 53 heavy (non-hydrogen) atoms. The lowest BCUT2D eigenvalue weighted by molar-refractivity contribution is 0.563. The highest BCUT2D eigenvalue weighted by Crippen LogP contribution is 2.62. The Morgan fingerprint density at radius 2 is 0.981 bits per heavy atom. The van der Waals surface area contributed by atoms with Crippen LogP contribution in [0.15, 0.2) is 174 Å². The fourth-order valence-corrected chi connectivity index (χ4v) is 9.39. The van der Waals surface area contributed by atoms with Crippen molar-refractivity contribution < 1.29 is 4.42 Å². The van der Waals surface area contributed by atoms with Crippen molar-refractivity contribution in [3.05, 3.63) is 203 Å². The second-order valence-electron chi connectivity index (χ2n) is 14.9. The Morgan fingerprint density at radius 1 is 0.415 bits per heavy atom. The topological polar surface area (TPSA) is 38.9 Å². The highest BCUT2D eigenvalue weighted by atomic mass is 16.3. The minimum absolute atomic E-state index is 0.249. The molecule has 2 heterocycles. The molecule has 2 aromatic heterocycles. The van der Waals surface area contributed by atoms with E-state index in [0.29, 0.717) is 5.82 Å². The van der Waals surface area contributed by atoms with Gasteiger partial charge in [0.05, 0.1) is 16.8 Å². The van der Waals surface area contributed by atoms with Gasteiger partial charge in [0.15, 0.2) is 5.82 Å². The van der Waals surface area contributed by atoms with Gasteiger partial charge in [-0.1, -0.05) is 159 Å². The third-order valence-electron chi connectivity index (χ3n) is 11.8. The van der Waals surface area contributed by atoms with Crippen LogP contribution in [0.1, 0.15) is 47.2 Å². The number of furan rings is 1. The smallest absolute Gasteiger partial charge is 0.160 e. The van der Waals surface area contributed by atoms with Crippen LogP contribution in [0.4, 0.5) is 0 Å². The fourth-order valence-electron chi connectivity index (χ4n) is 9.39. The summed E-state index contributed by atoms with van der Waals surface area (Å²) in [7, 11) is 0. The maximum Gasteiger partial charge on any atom is 0.160 e. The lowest BCUT2D eigenvalue weighted by atomic mass is 9.55. The van der Waals surface area contributed by atoms with E-state index in [0.717, 1.165) is 50.0 Å². The summed E-state index contributed by atoms with van der Waals surface area (Å²) in [6.07, 6.45) is 0. The molecule has 0 fully saturated rings. The summed E-state index contributed by atoms with van der Waals surface area (Å²) in [5, 5.41) is 2.20. The van der Waals surface area contributed by atoms with E-state index in [2.05, 4.69) is 159 Å². The van der Waals surface area contributed by atoms with E-state index in [1.165, 1.54) is 44.5 Å². The molecular weight excluding hydrogens is 645 g/mol. The van der Waals surface area contributed by atoms with E-state index in [4.69, 9.17) is 14.4 Å². The van der Waals surface area contributed by atoms with Gasteiger partial charge in [-0.05, 0) is 68.8 Å². The van der Waals surface area contributed by atoms with Crippen molar-refractivity contribution in [2.45, 2.75) is 24.7 Å². The Bertz CT molecular complexity index is 2820. The van der Waals surface area contributed by atoms with Crippen LogP contribution in [0.3, 0.4) is 0 Å². The predicted molar refractivity (Wildman–Crippen MR) is 215 cm³/mol. The Morgan fingerprint density at radius 3 is 1.68 bits per heavy atom. The minimum atomic E-state index is -0.480. The number of benzene rings is 7. The lowest BCUT2D eigenvalue weighted by Crippen LogP contribution is -2.40. The van der Waals surface area contributed by atoms with Gasteiger partial charge in [-0.25, -0.2) is 9.97 Å². The highest BCUT2D eigenvalue weighted by Gasteiger charge is 2.53. The van der Waals surface area contributed by atoms with Gasteiger partial charge in [0.25, 0.3) is 0 Å². The van der Waals surface area contributed by atoms with E-state index in [1.807, 2.05) is 24.3 Å². The summed E-state index contributed by atoms with van der Waals surface area (Å²) >= 11 is 0. The molecule has 0 atom stereocenters. The molecule has 1 spiro atoms. The first-order valence-electron chi connectivity index (χ1n) is 18.3. The van der Waals surface area contributed by atoms with Gasteiger partial charge < -0.3 is 4.42 Å². The second kappa shape index (κ2) is 11.0. The zero-order chi connectivity index (χ0) is 35.3. The summed E-state index contributed by atoms with van der Waals surface area (Å²) in [6.45, 7) is 4.75. The van der Waals surface area contributed by atoms with Crippen LogP contribution in [0.2, 0.25) is 0 Å². The Hall–Kier alpha value is -6.58. The van der Waals surface area contributed by atoms with E-state index in [1.54, 1.807) is 0 Å². The van der Waals surface area contributed by atoms with Crippen molar-refractivity contribution in [2.24, 2.45) is 0 Å². The monoisotopic (exact) mass is 678 g/mol. The summed E-state index contributed by atoms with van der Waals surface area (Å²) in [4.78, 5) is 10.2. The number of aromatic nitrogens is 2.